The molecule has 0 spiro atoms. The quantitative estimate of drug-likeness (QED) is 0.510. The predicted molar refractivity (Wildman–Crippen MR) is 106 cm³/mol. The Morgan fingerprint density at radius 3 is 2.44 bits per heavy atom. The molecule has 1 aromatic heterocycles. The molecule has 0 saturated carbocycles. The zero-order valence-corrected chi connectivity index (χ0v) is 15.7. The van der Waals surface area contributed by atoms with Gasteiger partial charge in [-0.25, -0.2) is 14.2 Å². The van der Waals surface area contributed by atoms with E-state index in [1.807, 2.05) is 24.3 Å². The van der Waals surface area contributed by atoms with Crippen LogP contribution in [0.25, 0.3) is 10.9 Å². The maximum Gasteiger partial charge on any atom is 0.259 e. The Balaban J connectivity index is 1.70. The second-order valence-corrected chi connectivity index (χ2v) is 6.37. The summed E-state index contributed by atoms with van der Waals surface area (Å²) in [6, 6.07) is 11.0. The van der Waals surface area contributed by atoms with Crippen molar-refractivity contribution in [3.05, 3.63) is 48.3 Å². The maximum absolute atomic E-state index is 10.7. The maximum atomic E-state index is 10.7. The van der Waals surface area contributed by atoms with Crippen LogP contribution in [0.4, 0.5) is 11.5 Å². The Hall–Kier alpha value is -2.91. The lowest BCUT2D eigenvalue weighted by atomic mass is 10.1. The van der Waals surface area contributed by atoms with Gasteiger partial charge < -0.3 is 14.8 Å². The first kappa shape index (κ1) is 18.9. The van der Waals surface area contributed by atoms with Crippen LogP contribution in [0.5, 0.6) is 11.5 Å². The highest BCUT2D eigenvalue weighted by Gasteiger charge is 2.10. The highest BCUT2D eigenvalue weighted by molar-refractivity contribution is 7.80. The molecule has 27 heavy (non-hydrogen) atoms. The molecule has 0 saturated heterocycles. The van der Waals surface area contributed by atoms with E-state index < -0.39 is 11.3 Å². The Bertz CT molecular complexity index is 950. The third kappa shape index (κ3) is 4.63. The number of aromatic nitrogens is 2. The van der Waals surface area contributed by atoms with Crippen molar-refractivity contribution in [2.24, 2.45) is 0 Å². The van der Waals surface area contributed by atoms with Gasteiger partial charge in [-0.1, -0.05) is 12.1 Å². The van der Waals surface area contributed by atoms with Crippen LogP contribution in [0.2, 0.25) is 0 Å². The third-order valence-electron chi connectivity index (χ3n) is 4.01. The monoisotopic (exact) mass is 388 g/mol. The summed E-state index contributed by atoms with van der Waals surface area (Å²) in [5.74, 6) is 1.95. The molecule has 0 radical (unpaired) electrons. The summed E-state index contributed by atoms with van der Waals surface area (Å²) in [4.78, 5) is 8.61. The summed E-state index contributed by atoms with van der Waals surface area (Å²) in [6.07, 6.45) is 2.27. The van der Waals surface area contributed by atoms with E-state index in [1.165, 1.54) is 6.33 Å². The molecule has 0 aliphatic heterocycles. The minimum atomic E-state index is -2.07. The number of ether oxygens (including phenoxy) is 2. The van der Waals surface area contributed by atoms with Gasteiger partial charge in [0.15, 0.2) is 11.5 Å². The number of hydrogen-bond donors (Lipinski definition) is 3. The molecule has 3 aromatic rings. The van der Waals surface area contributed by atoms with E-state index >= 15 is 0 Å². The average Bonchev–Trinajstić information content (AvgIpc) is 2.68. The van der Waals surface area contributed by atoms with Crippen LogP contribution in [0.15, 0.2) is 42.7 Å². The molecular formula is C18H20N4O4S. The van der Waals surface area contributed by atoms with Crippen molar-refractivity contribution in [2.45, 2.75) is 6.42 Å². The van der Waals surface area contributed by atoms with Gasteiger partial charge in [-0.05, 0) is 30.2 Å². The van der Waals surface area contributed by atoms with Crippen molar-refractivity contribution in [1.82, 2.24) is 9.97 Å². The Labute approximate surface area is 159 Å². The number of methoxy groups -OCH3 is 2. The molecule has 0 aliphatic rings. The summed E-state index contributed by atoms with van der Waals surface area (Å²) in [5.41, 5.74) is 2.45. The fraction of sp³-hybridized carbons (Fsp3) is 0.222. The van der Waals surface area contributed by atoms with Gasteiger partial charge in [-0.3, -0.25) is 9.27 Å². The Morgan fingerprint density at radius 1 is 1.07 bits per heavy atom. The number of fused-ring (bicyclic) bond motifs is 1. The van der Waals surface area contributed by atoms with Crippen LogP contribution < -0.4 is 19.5 Å². The molecule has 3 rings (SSSR count). The lowest BCUT2D eigenvalue weighted by Crippen LogP contribution is -2.07. The minimum absolute atomic E-state index is 0.593. The van der Waals surface area contributed by atoms with E-state index in [0.717, 1.165) is 28.7 Å². The SMILES string of the molecule is COc1cc2ncnc(NCCc3ccc(NS(=O)O)cc3)c2cc1OC. The minimum Gasteiger partial charge on any atom is -0.493 e. The number of hydrogen-bond acceptors (Lipinski definition) is 6. The van der Waals surface area contributed by atoms with Crippen LogP contribution in [-0.2, 0) is 17.7 Å². The highest BCUT2D eigenvalue weighted by atomic mass is 32.2. The smallest absolute Gasteiger partial charge is 0.259 e. The number of rotatable bonds is 8. The number of benzene rings is 2. The third-order valence-corrected chi connectivity index (χ3v) is 4.42. The molecule has 0 amide bonds. The van der Waals surface area contributed by atoms with Gasteiger partial charge in [0.2, 0.25) is 0 Å². The van der Waals surface area contributed by atoms with Gasteiger partial charge in [0.05, 0.1) is 19.7 Å². The van der Waals surface area contributed by atoms with Gasteiger partial charge in [-0.15, -0.1) is 0 Å². The van der Waals surface area contributed by atoms with Gasteiger partial charge in [0.25, 0.3) is 11.3 Å². The molecule has 9 heteroatoms. The van der Waals surface area contributed by atoms with Crippen molar-refractivity contribution in [1.29, 1.82) is 0 Å². The number of nitrogens with zero attached hydrogens (tertiary/aromatic N) is 2. The molecule has 0 fully saturated rings. The first-order valence-corrected chi connectivity index (χ1v) is 9.28. The molecule has 1 heterocycles. The molecule has 3 N–H and O–H groups in total. The first-order valence-electron chi connectivity index (χ1n) is 8.17. The second-order valence-electron chi connectivity index (χ2n) is 5.67. The molecule has 0 bridgehead atoms. The fourth-order valence-electron chi connectivity index (χ4n) is 2.69. The van der Waals surface area contributed by atoms with Crippen LogP contribution in [0, 0.1) is 0 Å². The van der Waals surface area contributed by atoms with E-state index in [-0.39, 0.29) is 0 Å². The largest absolute Gasteiger partial charge is 0.493 e. The summed E-state index contributed by atoms with van der Waals surface area (Å²) >= 11 is -2.07. The predicted octanol–water partition coefficient (Wildman–Crippen LogP) is 2.85. The van der Waals surface area contributed by atoms with Crippen molar-refractivity contribution < 1.29 is 18.2 Å². The van der Waals surface area contributed by atoms with E-state index in [1.54, 1.807) is 26.4 Å². The zero-order chi connectivity index (χ0) is 19.2. The fourth-order valence-corrected chi connectivity index (χ4v) is 3.03. The van der Waals surface area contributed by atoms with Crippen molar-refractivity contribution in [2.75, 3.05) is 30.8 Å². The average molecular weight is 388 g/mol. The Morgan fingerprint density at radius 2 is 1.78 bits per heavy atom. The molecule has 8 nitrogen and oxygen atoms in total. The number of anilines is 2. The second kappa shape index (κ2) is 8.65. The van der Waals surface area contributed by atoms with E-state index in [4.69, 9.17) is 14.0 Å². The summed E-state index contributed by atoms with van der Waals surface area (Å²) < 4.78 is 32.7. The normalized spacial score (nSPS) is 11.8. The molecule has 2 aromatic carbocycles. The van der Waals surface area contributed by atoms with Crippen molar-refractivity contribution >= 4 is 33.7 Å². The first-order chi connectivity index (χ1) is 13.1. The van der Waals surface area contributed by atoms with Gasteiger partial charge >= 0.3 is 0 Å². The van der Waals surface area contributed by atoms with E-state index in [9.17, 15) is 4.21 Å². The summed E-state index contributed by atoms with van der Waals surface area (Å²) in [7, 11) is 3.18. The standard InChI is InChI=1S/C18H20N4O4S/c1-25-16-9-14-15(10-17(16)26-2)20-11-21-18(14)19-8-7-12-3-5-13(6-4-12)22-27(23)24/h3-6,9-11,22H,7-8H2,1-2H3,(H,23,24)(H,19,20,21). The molecular weight excluding hydrogens is 368 g/mol. The summed E-state index contributed by atoms with van der Waals surface area (Å²) in [6.45, 7) is 0.666. The van der Waals surface area contributed by atoms with Crippen molar-refractivity contribution in [3.8, 4) is 11.5 Å². The molecule has 1 atom stereocenters. The molecule has 142 valence electrons. The lowest BCUT2D eigenvalue weighted by molar-refractivity contribution is 0.356. The van der Waals surface area contributed by atoms with Crippen LogP contribution >= 0.6 is 0 Å². The molecule has 0 aliphatic carbocycles. The van der Waals surface area contributed by atoms with Crippen LogP contribution in [0.1, 0.15) is 5.56 Å². The zero-order valence-electron chi connectivity index (χ0n) is 14.9. The van der Waals surface area contributed by atoms with Gasteiger partial charge in [0.1, 0.15) is 12.1 Å². The van der Waals surface area contributed by atoms with Crippen LogP contribution in [0.3, 0.4) is 0 Å². The van der Waals surface area contributed by atoms with Gasteiger partial charge in [0, 0.05) is 23.7 Å². The number of nitrogens with one attached hydrogen (secondary N) is 2. The van der Waals surface area contributed by atoms with E-state index in [0.29, 0.717) is 23.7 Å². The lowest BCUT2D eigenvalue weighted by Gasteiger charge is -2.12. The molecule has 1 unspecified atom stereocenters. The van der Waals surface area contributed by atoms with E-state index in [2.05, 4.69) is 20.0 Å². The Kier molecular flexibility index (Phi) is 6.05. The van der Waals surface area contributed by atoms with Gasteiger partial charge in [-0.2, -0.15) is 0 Å². The van der Waals surface area contributed by atoms with Crippen molar-refractivity contribution in [3.63, 3.8) is 0 Å². The topological polar surface area (TPSA) is 106 Å². The van der Waals surface area contributed by atoms with Crippen LogP contribution in [-0.4, -0.2) is 39.5 Å². The summed E-state index contributed by atoms with van der Waals surface area (Å²) in [5, 5.41) is 4.17. The highest BCUT2D eigenvalue weighted by Crippen LogP contribution is 2.33.